The lowest BCUT2D eigenvalue weighted by atomic mass is 10.2. The summed E-state index contributed by atoms with van der Waals surface area (Å²) in [6, 6.07) is 0.914. The lowest BCUT2D eigenvalue weighted by molar-refractivity contribution is 0.305. The summed E-state index contributed by atoms with van der Waals surface area (Å²) in [4.78, 5) is 0. The van der Waals surface area contributed by atoms with Gasteiger partial charge in [-0.25, -0.2) is 0 Å². The Kier molecular flexibility index (Phi) is 1.83. The molecular formula is C7H6O7S. The number of fused-ring (bicyclic) bond motifs is 2. The van der Waals surface area contributed by atoms with Crippen molar-refractivity contribution in [1.82, 2.24) is 0 Å². The van der Waals surface area contributed by atoms with Crippen LogP contribution in [-0.2, 0) is 10.4 Å². The number of hydrogen-bond acceptors (Lipinski definition) is 7. The summed E-state index contributed by atoms with van der Waals surface area (Å²) in [5.74, 6) is -2.11. The van der Waals surface area contributed by atoms with Gasteiger partial charge in [-0.2, -0.15) is 0 Å². The van der Waals surface area contributed by atoms with E-state index >= 15 is 0 Å². The molecule has 1 heterocycles. The first kappa shape index (κ1) is 9.71. The molecule has 2 rings (SSSR count). The highest BCUT2D eigenvalue weighted by atomic mass is 32.3. The number of ether oxygens (including phenoxy) is 1. The van der Waals surface area contributed by atoms with Crippen LogP contribution < -0.4 is 13.1 Å². The highest BCUT2D eigenvalue weighted by molar-refractivity contribution is 7.82. The van der Waals surface area contributed by atoms with E-state index in [0.29, 0.717) is 0 Å². The number of methoxy groups -OCH3 is 1. The van der Waals surface area contributed by atoms with Gasteiger partial charge < -0.3 is 23.3 Å². The molecule has 0 radical (unpaired) electrons. The Morgan fingerprint density at radius 3 is 2.60 bits per heavy atom. The summed E-state index contributed by atoms with van der Waals surface area (Å²) >= 11 is 0. The third-order valence-corrected chi connectivity index (χ3v) is 2.49. The van der Waals surface area contributed by atoms with E-state index in [9.17, 15) is 18.6 Å². The third-order valence-electron chi connectivity index (χ3n) is 1.74. The van der Waals surface area contributed by atoms with Gasteiger partial charge in [-0.1, -0.05) is 0 Å². The van der Waals surface area contributed by atoms with Gasteiger partial charge in [0.25, 0.3) is 0 Å². The number of phenols is 2. The zero-order valence-corrected chi connectivity index (χ0v) is 8.24. The second-order valence-electron chi connectivity index (χ2n) is 2.68. The molecule has 82 valence electrons. The van der Waals surface area contributed by atoms with Gasteiger partial charge in [0.2, 0.25) is 17.2 Å². The van der Waals surface area contributed by atoms with Gasteiger partial charge in [0.15, 0.2) is 11.5 Å². The van der Waals surface area contributed by atoms with E-state index in [4.69, 9.17) is 0 Å². The molecule has 7 nitrogen and oxygen atoms in total. The van der Waals surface area contributed by atoms with Gasteiger partial charge >= 0.3 is 10.4 Å². The van der Waals surface area contributed by atoms with Gasteiger partial charge in [0.05, 0.1) is 7.11 Å². The molecule has 2 N–H and O–H groups in total. The zero-order valence-electron chi connectivity index (χ0n) is 7.42. The van der Waals surface area contributed by atoms with Crippen LogP contribution in [0.4, 0.5) is 0 Å². The van der Waals surface area contributed by atoms with Gasteiger partial charge in [-0.15, -0.1) is 8.42 Å². The van der Waals surface area contributed by atoms with E-state index in [2.05, 4.69) is 13.1 Å². The Labute approximate surface area is 84.8 Å². The van der Waals surface area contributed by atoms with E-state index in [-0.39, 0.29) is 5.75 Å². The average Bonchev–Trinajstić information content (AvgIpc) is 2.10. The number of rotatable bonds is 1. The van der Waals surface area contributed by atoms with Crippen LogP contribution in [0.1, 0.15) is 0 Å². The van der Waals surface area contributed by atoms with Crippen molar-refractivity contribution in [3.05, 3.63) is 6.07 Å². The SMILES string of the molecule is COc1c(O)cc2c(O)c1OS(=O)(=O)O2. The smallest absolute Gasteiger partial charge is 0.501 e. The molecule has 0 saturated heterocycles. The van der Waals surface area contributed by atoms with Crippen LogP contribution in [0.25, 0.3) is 0 Å². The maximum absolute atomic E-state index is 11.0. The summed E-state index contributed by atoms with van der Waals surface area (Å²) in [6.45, 7) is 0. The first-order valence-electron chi connectivity index (χ1n) is 3.71. The fraction of sp³-hybridized carbons (Fsp3) is 0.143. The quantitative estimate of drug-likeness (QED) is 0.665. The maximum atomic E-state index is 11.0. The molecule has 0 fully saturated rings. The minimum atomic E-state index is -4.25. The fourth-order valence-corrected chi connectivity index (χ4v) is 1.90. The predicted molar refractivity (Wildman–Crippen MR) is 46.5 cm³/mol. The highest BCUT2D eigenvalue weighted by Gasteiger charge is 2.33. The van der Waals surface area contributed by atoms with E-state index < -0.39 is 33.4 Å². The molecule has 0 saturated carbocycles. The molecule has 1 aliphatic rings. The van der Waals surface area contributed by atoms with E-state index in [0.717, 1.165) is 6.07 Å². The molecule has 0 amide bonds. The average molecular weight is 234 g/mol. The number of hydrogen-bond donors (Lipinski definition) is 2. The molecule has 0 spiro atoms. The van der Waals surface area contributed by atoms with Crippen LogP contribution in [-0.4, -0.2) is 25.7 Å². The van der Waals surface area contributed by atoms with E-state index in [1.807, 2.05) is 0 Å². The Bertz CT molecular complexity index is 519. The van der Waals surface area contributed by atoms with E-state index in [1.165, 1.54) is 7.11 Å². The van der Waals surface area contributed by atoms with Crippen molar-refractivity contribution in [2.75, 3.05) is 7.11 Å². The lowest BCUT2D eigenvalue weighted by Gasteiger charge is -2.19. The highest BCUT2D eigenvalue weighted by Crippen LogP contribution is 2.52. The van der Waals surface area contributed by atoms with Crippen LogP contribution in [0.2, 0.25) is 0 Å². The van der Waals surface area contributed by atoms with Crippen molar-refractivity contribution >= 4 is 10.4 Å². The minimum Gasteiger partial charge on any atom is -0.504 e. The Hall–Kier alpha value is -1.83. The van der Waals surface area contributed by atoms with Crippen LogP contribution in [0.5, 0.6) is 28.7 Å². The minimum absolute atomic E-state index is 0.275. The summed E-state index contributed by atoms with van der Waals surface area (Å²) in [5.41, 5.74) is 0. The monoisotopic (exact) mass is 234 g/mol. The Morgan fingerprint density at radius 2 is 2.00 bits per heavy atom. The summed E-state index contributed by atoms with van der Waals surface area (Å²) < 4.78 is 35.3. The second kappa shape index (κ2) is 2.83. The molecule has 2 bridgehead atoms. The molecule has 8 heteroatoms. The molecule has 0 aromatic heterocycles. The van der Waals surface area contributed by atoms with Crippen LogP contribution in [0.3, 0.4) is 0 Å². The third kappa shape index (κ3) is 1.38. The van der Waals surface area contributed by atoms with Crippen molar-refractivity contribution in [3.63, 3.8) is 0 Å². The molecule has 1 aromatic rings. The molecule has 15 heavy (non-hydrogen) atoms. The summed E-state index contributed by atoms with van der Waals surface area (Å²) in [5, 5.41) is 18.8. The van der Waals surface area contributed by atoms with Gasteiger partial charge in [0, 0.05) is 6.07 Å². The summed E-state index contributed by atoms with van der Waals surface area (Å²) in [7, 11) is -3.06. The lowest BCUT2D eigenvalue weighted by Crippen LogP contribution is -2.20. The zero-order chi connectivity index (χ0) is 11.2. The molecule has 0 unspecified atom stereocenters. The largest absolute Gasteiger partial charge is 0.504 e. The fourth-order valence-electron chi connectivity index (χ4n) is 1.16. The van der Waals surface area contributed by atoms with Gasteiger partial charge in [-0.05, 0) is 0 Å². The Balaban J connectivity index is 2.73. The first-order chi connectivity index (χ1) is 6.94. The van der Waals surface area contributed by atoms with Gasteiger partial charge in [0.1, 0.15) is 0 Å². The standard InChI is InChI=1S/C7H6O7S/c1-12-6-3(8)2-4-5(9)7(6)14-15(10,11)13-4/h2,8-9H,1H3. The summed E-state index contributed by atoms with van der Waals surface area (Å²) in [6.07, 6.45) is 0. The first-order valence-corrected chi connectivity index (χ1v) is 5.05. The van der Waals surface area contributed by atoms with Crippen LogP contribution in [0.15, 0.2) is 6.07 Å². The maximum Gasteiger partial charge on any atom is 0.501 e. The van der Waals surface area contributed by atoms with Crippen LogP contribution in [0, 0.1) is 0 Å². The molecule has 0 aliphatic carbocycles. The molecule has 1 aromatic carbocycles. The van der Waals surface area contributed by atoms with Gasteiger partial charge in [-0.3, -0.25) is 0 Å². The Morgan fingerprint density at radius 1 is 1.33 bits per heavy atom. The number of aromatic hydroxyl groups is 2. The van der Waals surface area contributed by atoms with Crippen molar-refractivity contribution in [3.8, 4) is 28.7 Å². The topological polar surface area (TPSA) is 102 Å². The van der Waals surface area contributed by atoms with Crippen molar-refractivity contribution in [2.45, 2.75) is 0 Å². The van der Waals surface area contributed by atoms with E-state index in [1.54, 1.807) is 0 Å². The van der Waals surface area contributed by atoms with Crippen molar-refractivity contribution in [1.29, 1.82) is 0 Å². The van der Waals surface area contributed by atoms with Crippen molar-refractivity contribution in [2.24, 2.45) is 0 Å². The molecular weight excluding hydrogens is 228 g/mol. The molecule has 1 aliphatic heterocycles. The second-order valence-corrected chi connectivity index (χ2v) is 3.83. The van der Waals surface area contributed by atoms with Crippen molar-refractivity contribution < 1.29 is 31.7 Å². The number of benzene rings is 1. The number of phenolic OH excluding ortho intramolecular Hbond substituents is 2. The predicted octanol–water partition coefficient (Wildman–Crippen LogP) is 0.122. The normalized spacial score (nSPS) is 16.3. The molecule has 0 atom stereocenters. The van der Waals surface area contributed by atoms with Crippen LogP contribution >= 0.6 is 0 Å².